The molecule has 4 atom stereocenters. The molecule has 17 heteroatoms. The number of hydrogen-bond donors (Lipinski definition) is 2. The minimum absolute atomic E-state index is 0.284. The summed E-state index contributed by atoms with van der Waals surface area (Å²) in [6.07, 6.45) is 5.56. The van der Waals surface area contributed by atoms with E-state index in [1.165, 1.54) is 0 Å². The summed E-state index contributed by atoms with van der Waals surface area (Å²) in [5.74, 6) is 1.26. The zero-order valence-corrected chi connectivity index (χ0v) is 24.3. The molecule has 4 bridgehead atoms. The number of aromatic nitrogens is 2. The fourth-order valence-electron chi connectivity index (χ4n) is 7.66. The average Bonchev–Trinajstić information content (AvgIpc) is 3.70. The van der Waals surface area contributed by atoms with Crippen LogP contribution < -0.4 is 11.5 Å². The predicted octanol–water partition coefficient (Wildman–Crippen LogP) is 1.14. The summed E-state index contributed by atoms with van der Waals surface area (Å²) in [5.41, 5.74) is 11.9. The van der Waals surface area contributed by atoms with Crippen LogP contribution in [0.25, 0.3) is 0 Å². The molecule has 2 aromatic heterocycles. The van der Waals surface area contributed by atoms with Gasteiger partial charge in [0, 0.05) is 38.1 Å². The van der Waals surface area contributed by atoms with Crippen molar-refractivity contribution in [2.75, 3.05) is 26.2 Å². The molecule has 2 spiro atoms. The molecule has 2 aromatic rings. The van der Waals surface area contributed by atoms with Crippen molar-refractivity contribution < 1.29 is 35.6 Å². The van der Waals surface area contributed by atoms with E-state index in [-0.39, 0.29) is 36.0 Å². The molecule has 4 N–H and O–H groups in total. The minimum atomic E-state index is -4.85. The molecule has 0 radical (unpaired) electrons. The van der Waals surface area contributed by atoms with Crippen LogP contribution in [0.15, 0.2) is 21.2 Å². The predicted molar refractivity (Wildman–Crippen MR) is 143 cm³/mol. The molecule has 2 saturated carbocycles. The van der Waals surface area contributed by atoms with Gasteiger partial charge in [-0.2, -0.15) is 18.5 Å². The van der Waals surface area contributed by atoms with E-state index >= 15 is 0 Å². The molecular formula is C26H34N8O8S. The molecule has 0 aromatic carbocycles. The molecule has 2 aliphatic carbocycles. The monoisotopic (exact) mass is 618 g/mol. The van der Waals surface area contributed by atoms with Crippen LogP contribution in [0, 0.1) is 10.8 Å². The summed E-state index contributed by atoms with van der Waals surface area (Å²) in [7, 11) is -4.85. The highest BCUT2D eigenvalue weighted by Crippen LogP contribution is 2.63. The number of rotatable bonds is 10. The van der Waals surface area contributed by atoms with E-state index in [9.17, 15) is 18.0 Å². The Morgan fingerprint density at radius 2 is 1.21 bits per heavy atom. The first-order chi connectivity index (χ1) is 20.7. The van der Waals surface area contributed by atoms with Crippen LogP contribution in [0.3, 0.4) is 0 Å². The van der Waals surface area contributed by atoms with E-state index in [0.29, 0.717) is 61.7 Å². The highest BCUT2D eigenvalue weighted by atomic mass is 32.3. The summed E-state index contributed by atoms with van der Waals surface area (Å²) < 4.78 is 48.4. The van der Waals surface area contributed by atoms with Gasteiger partial charge in [-0.25, -0.2) is 9.59 Å². The molecule has 8 rings (SSSR count). The molecule has 232 valence electrons. The molecule has 6 aliphatic rings. The zero-order chi connectivity index (χ0) is 29.7. The maximum Gasteiger partial charge on any atom is 0.442 e. The highest BCUT2D eigenvalue weighted by molar-refractivity contribution is 7.81. The number of nitrogens with two attached hydrogens (primary N) is 2. The van der Waals surface area contributed by atoms with Gasteiger partial charge in [0.05, 0.1) is 24.2 Å². The summed E-state index contributed by atoms with van der Waals surface area (Å²) >= 11 is 0. The van der Waals surface area contributed by atoms with Gasteiger partial charge in [0.2, 0.25) is 0 Å². The molecule has 4 amide bonds. The molecule has 6 heterocycles. The minimum Gasteiger partial charge on any atom is -0.361 e. The molecule has 4 aliphatic heterocycles. The number of amides is 4. The van der Waals surface area contributed by atoms with Crippen molar-refractivity contribution in [3.05, 3.63) is 35.0 Å². The van der Waals surface area contributed by atoms with Crippen molar-refractivity contribution >= 4 is 22.5 Å². The van der Waals surface area contributed by atoms with Crippen molar-refractivity contribution in [3.8, 4) is 0 Å². The van der Waals surface area contributed by atoms with E-state index in [1.807, 2.05) is 0 Å². The Kier molecular flexibility index (Phi) is 5.95. The summed E-state index contributed by atoms with van der Waals surface area (Å²) in [4.78, 5) is 30.2. The van der Waals surface area contributed by atoms with Crippen molar-refractivity contribution in [2.45, 2.75) is 75.5 Å². The van der Waals surface area contributed by atoms with Gasteiger partial charge >= 0.3 is 22.5 Å². The van der Waals surface area contributed by atoms with Crippen molar-refractivity contribution in [1.82, 2.24) is 30.2 Å². The van der Waals surface area contributed by atoms with Gasteiger partial charge in [-0.05, 0) is 62.4 Å². The lowest BCUT2D eigenvalue weighted by Gasteiger charge is -2.36. The number of hydroxylamine groups is 4. The lowest BCUT2D eigenvalue weighted by atomic mass is 9.84. The molecule has 6 fully saturated rings. The quantitative estimate of drug-likeness (QED) is 0.385. The van der Waals surface area contributed by atoms with Crippen LogP contribution in [0.2, 0.25) is 0 Å². The van der Waals surface area contributed by atoms with Crippen LogP contribution in [0.4, 0.5) is 9.59 Å². The van der Waals surface area contributed by atoms with Gasteiger partial charge in [0.15, 0.2) is 0 Å². The Morgan fingerprint density at radius 1 is 0.791 bits per heavy atom. The number of fused-ring (bicyclic) bond motifs is 6. The normalized spacial score (nSPS) is 29.9. The van der Waals surface area contributed by atoms with Crippen LogP contribution in [0.5, 0.6) is 0 Å². The lowest BCUT2D eigenvalue weighted by Crippen LogP contribution is -2.45. The Balaban J connectivity index is 1.00. The number of piperidine rings is 2. The standard InChI is InChI=1S/C26H34N8O8S/c27-7-1-15-9-17(29-39-15)19-11-25(3-4-25)21-13-31(19)23(35)33(21)41-43(37,38)42-34-22-14-32(24(34)36)20(12-26(22)5-6-26)18-10-16(2-8-28)40-30-18/h9-10,19-22H,1-8,11-14,27-28H2/t19-,20-,21-,22-/m0/s1. The maximum atomic E-state index is 13.6. The van der Waals surface area contributed by atoms with E-state index in [4.69, 9.17) is 29.1 Å². The number of carbonyl (C=O) groups excluding carboxylic acids is 2. The van der Waals surface area contributed by atoms with Gasteiger partial charge in [-0.3, -0.25) is 0 Å². The summed E-state index contributed by atoms with van der Waals surface area (Å²) in [6.45, 7) is 1.38. The van der Waals surface area contributed by atoms with Gasteiger partial charge in [0.25, 0.3) is 0 Å². The highest BCUT2D eigenvalue weighted by Gasteiger charge is 2.66. The third-order valence-electron chi connectivity index (χ3n) is 10.3. The van der Waals surface area contributed by atoms with Crippen LogP contribution in [0.1, 0.15) is 73.5 Å². The first-order valence-electron chi connectivity index (χ1n) is 14.8. The van der Waals surface area contributed by atoms with E-state index in [0.717, 1.165) is 35.8 Å². The second-order valence-electron chi connectivity index (χ2n) is 12.8. The Labute approximate surface area is 247 Å². The first-order valence-corrected chi connectivity index (χ1v) is 16.1. The lowest BCUT2D eigenvalue weighted by molar-refractivity contribution is -0.101. The smallest absolute Gasteiger partial charge is 0.361 e. The summed E-state index contributed by atoms with van der Waals surface area (Å²) in [5, 5.41) is 10.2. The maximum absolute atomic E-state index is 13.6. The van der Waals surface area contributed by atoms with E-state index < -0.39 is 34.5 Å². The van der Waals surface area contributed by atoms with Gasteiger partial charge in [-0.15, -0.1) is 8.57 Å². The molecular weight excluding hydrogens is 584 g/mol. The number of urea groups is 2. The SMILES string of the molecule is NCCc1cc([C@@H]2CC3(CC3)[C@@H]3CN2C(=O)N3OS(=O)(=O)ON2C(=O)N3C[C@H]2C2(CC2)C[C@H]3c2cc(CCN)on2)no1. The zero-order valence-electron chi connectivity index (χ0n) is 23.5. The molecule has 0 unspecified atom stereocenters. The van der Waals surface area contributed by atoms with E-state index in [1.54, 1.807) is 21.9 Å². The third kappa shape index (κ3) is 4.27. The van der Waals surface area contributed by atoms with Crippen LogP contribution in [-0.2, 0) is 31.8 Å². The fourth-order valence-corrected chi connectivity index (χ4v) is 8.42. The second kappa shape index (κ2) is 9.37. The Hall–Kier alpha value is -3.25. The molecule has 4 saturated heterocycles. The second-order valence-corrected chi connectivity index (χ2v) is 13.9. The van der Waals surface area contributed by atoms with Crippen molar-refractivity contribution in [3.63, 3.8) is 0 Å². The van der Waals surface area contributed by atoms with Gasteiger partial charge in [0.1, 0.15) is 22.9 Å². The fraction of sp³-hybridized carbons (Fsp3) is 0.692. The summed E-state index contributed by atoms with van der Waals surface area (Å²) in [6, 6.07) is 0.711. The Bertz CT molecular complexity index is 1460. The van der Waals surface area contributed by atoms with Crippen LogP contribution in [-0.4, -0.2) is 89.0 Å². The van der Waals surface area contributed by atoms with Gasteiger partial charge in [-0.1, -0.05) is 10.3 Å². The topological polar surface area (TPSA) is 204 Å². The largest absolute Gasteiger partial charge is 0.442 e. The van der Waals surface area contributed by atoms with Crippen LogP contribution >= 0.6 is 0 Å². The van der Waals surface area contributed by atoms with Crippen molar-refractivity contribution in [1.29, 1.82) is 0 Å². The number of carbonyl (C=O) groups is 2. The molecule has 43 heavy (non-hydrogen) atoms. The van der Waals surface area contributed by atoms with Gasteiger partial charge < -0.3 is 30.3 Å². The first kappa shape index (κ1) is 27.3. The molecule has 16 nitrogen and oxygen atoms in total. The third-order valence-corrected chi connectivity index (χ3v) is 11.0. The Morgan fingerprint density at radius 3 is 1.58 bits per heavy atom. The van der Waals surface area contributed by atoms with E-state index in [2.05, 4.69) is 10.3 Å². The van der Waals surface area contributed by atoms with Crippen molar-refractivity contribution in [2.24, 2.45) is 22.3 Å². The number of hydrogen-bond acceptors (Lipinski definition) is 12. The number of nitrogens with zero attached hydrogens (tertiary/aromatic N) is 6. The average molecular weight is 619 g/mol.